The highest BCUT2D eigenvalue weighted by molar-refractivity contribution is 5.70. The highest BCUT2D eigenvalue weighted by Crippen LogP contribution is 2.38. The molecule has 0 amide bonds. The maximum Gasteiger partial charge on any atom is 0.305 e. The number of hydrogen-bond acceptors (Lipinski definition) is 9. The van der Waals surface area contributed by atoms with Crippen LogP contribution in [0.25, 0.3) is 0 Å². The monoisotopic (exact) mass is 682 g/mol. The number of rotatable bonds is 24. The fourth-order valence-electron chi connectivity index (χ4n) is 6.20. The van der Waals surface area contributed by atoms with E-state index in [2.05, 4.69) is 30.1 Å². The first-order chi connectivity index (χ1) is 23.6. The van der Waals surface area contributed by atoms with Crippen LogP contribution in [0.15, 0.2) is 36.5 Å². The van der Waals surface area contributed by atoms with E-state index in [9.17, 15) is 29.7 Å². The molecule has 2 aliphatic rings. The van der Waals surface area contributed by atoms with Crippen LogP contribution < -0.4 is 0 Å². The van der Waals surface area contributed by atoms with E-state index >= 15 is 0 Å². The van der Waals surface area contributed by atoms with Crippen molar-refractivity contribution in [3.05, 3.63) is 36.5 Å². The van der Waals surface area contributed by atoms with Crippen molar-refractivity contribution in [1.29, 1.82) is 0 Å². The molecule has 0 aromatic rings. The summed E-state index contributed by atoms with van der Waals surface area (Å²) in [5, 5.41) is 31.8. The van der Waals surface area contributed by atoms with Gasteiger partial charge in [0.2, 0.25) is 0 Å². The highest BCUT2D eigenvalue weighted by atomic mass is 16.6. The van der Waals surface area contributed by atoms with Crippen molar-refractivity contribution in [2.24, 2.45) is 23.2 Å². The number of carbonyl (C=O) groups is 3. The molecule has 9 heteroatoms. The first-order valence-electron chi connectivity index (χ1n) is 17.9. The second kappa shape index (κ2) is 23.9. The Bertz CT molecular complexity index is 1140. The zero-order chi connectivity index (χ0) is 35.9. The topological polar surface area (TPSA) is 140 Å². The minimum absolute atomic E-state index is 0.0689. The Balaban J connectivity index is 1.74. The third-order valence-electron chi connectivity index (χ3n) is 9.27. The number of terminal acetylenes is 2. The summed E-state index contributed by atoms with van der Waals surface area (Å²) in [6, 6.07) is 0. The van der Waals surface area contributed by atoms with Crippen molar-refractivity contribution in [2.75, 3.05) is 19.8 Å². The Morgan fingerprint density at radius 2 is 1.39 bits per heavy atom. The van der Waals surface area contributed by atoms with Crippen LogP contribution in [0.4, 0.5) is 0 Å². The van der Waals surface area contributed by atoms with Gasteiger partial charge in [0.1, 0.15) is 19.8 Å². The van der Waals surface area contributed by atoms with Crippen molar-refractivity contribution in [3.63, 3.8) is 0 Å². The van der Waals surface area contributed by atoms with Gasteiger partial charge in [-0.25, -0.2) is 0 Å². The van der Waals surface area contributed by atoms with Crippen molar-refractivity contribution in [2.45, 2.75) is 128 Å². The Morgan fingerprint density at radius 3 is 1.94 bits per heavy atom. The Labute approximate surface area is 293 Å². The summed E-state index contributed by atoms with van der Waals surface area (Å²) in [5.74, 6) is 4.01. The van der Waals surface area contributed by atoms with Gasteiger partial charge in [-0.2, -0.15) is 0 Å². The van der Waals surface area contributed by atoms with Crippen molar-refractivity contribution in [3.8, 4) is 24.7 Å². The first kappa shape index (κ1) is 41.8. The molecule has 1 unspecified atom stereocenters. The van der Waals surface area contributed by atoms with E-state index in [0.717, 1.165) is 19.3 Å². The summed E-state index contributed by atoms with van der Waals surface area (Å²) in [5.41, 5.74) is -0.928. The quantitative estimate of drug-likeness (QED) is 0.0381. The number of carbonyl (C=O) groups excluding carboxylic acids is 3. The van der Waals surface area contributed by atoms with Crippen molar-refractivity contribution < 1.29 is 43.9 Å². The van der Waals surface area contributed by atoms with Gasteiger partial charge in [0, 0.05) is 32.1 Å². The van der Waals surface area contributed by atoms with Gasteiger partial charge < -0.3 is 29.5 Å². The molecule has 1 saturated carbocycles. The van der Waals surface area contributed by atoms with E-state index in [1.165, 1.54) is 0 Å². The predicted octanol–water partition coefficient (Wildman–Crippen LogP) is 5.76. The molecule has 0 bridgehead atoms. The second-order valence-electron chi connectivity index (χ2n) is 13.8. The minimum atomic E-state index is -0.928. The molecule has 0 spiro atoms. The van der Waals surface area contributed by atoms with Gasteiger partial charge in [-0.3, -0.25) is 14.4 Å². The van der Waals surface area contributed by atoms with Gasteiger partial charge in [0.25, 0.3) is 0 Å². The lowest BCUT2D eigenvalue weighted by molar-refractivity contribution is -0.160. The number of unbranched alkanes of at least 4 members (excludes halogenated alkanes) is 3. The van der Waals surface area contributed by atoms with Crippen LogP contribution in [-0.4, -0.2) is 71.4 Å². The maximum atomic E-state index is 12.6. The van der Waals surface area contributed by atoms with Gasteiger partial charge in [0.15, 0.2) is 0 Å². The summed E-state index contributed by atoms with van der Waals surface area (Å²) < 4.78 is 16.3. The lowest BCUT2D eigenvalue weighted by Gasteiger charge is -2.28. The van der Waals surface area contributed by atoms with Crippen LogP contribution in [0.3, 0.4) is 0 Å². The van der Waals surface area contributed by atoms with Crippen LogP contribution in [-0.2, 0) is 28.6 Å². The molecule has 0 aromatic heterocycles. The van der Waals surface area contributed by atoms with Crippen LogP contribution in [0.5, 0.6) is 0 Å². The molecule has 272 valence electrons. The average molecular weight is 683 g/mol. The zero-order valence-electron chi connectivity index (χ0n) is 29.3. The van der Waals surface area contributed by atoms with E-state index in [0.29, 0.717) is 70.1 Å². The van der Waals surface area contributed by atoms with Gasteiger partial charge in [-0.1, -0.05) is 36.5 Å². The summed E-state index contributed by atoms with van der Waals surface area (Å²) >= 11 is 0. The number of esters is 3. The maximum absolute atomic E-state index is 12.6. The molecule has 2 rings (SSSR count). The summed E-state index contributed by atoms with van der Waals surface area (Å²) in [6.07, 6.45) is 29.8. The molecule has 0 heterocycles. The fourth-order valence-corrected chi connectivity index (χ4v) is 6.20. The van der Waals surface area contributed by atoms with Crippen LogP contribution in [0.1, 0.15) is 110 Å². The SMILES string of the molecule is C#CCCCC(=O)OCC(C)(COC(=O)CCCC#C)COC(=O)CCC/C=C\C[C@@H]1[C@@H](CC[C@@H](O)CCC2C=CC=CC2)[C@H](O)C[C@@H]1O. The lowest BCUT2D eigenvalue weighted by Crippen LogP contribution is -2.37. The molecular weight excluding hydrogens is 624 g/mol. The average Bonchev–Trinajstić information content (AvgIpc) is 3.36. The van der Waals surface area contributed by atoms with E-state index in [-0.39, 0.29) is 50.9 Å². The Morgan fingerprint density at radius 1 is 0.837 bits per heavy atom. The Hall–Kier alpha value is -3.37. The van der Waals surface area contributed by atoms with E-state index < -0.39 is 41.6 Å². The van der Waals surface area contributed by atoms with Gasteiger partial charge in [-0.15, -0.1) is 24.7 Å². The number of ether oxygens (including phenoxy) is 3. The minimum Gasteiger partial charge on any atom is -0.465 e. The standard InChI is InChI=1S/C40H58O9/c1-4-6-11-20-37(44)47-28-40(3,29-48-38(45)21-12-7-5-2)30-49-39(46)22-16-9-8-15-19-33-34(36(43)27-35(33)42)26-25-32(41)24-23-31-17-13-10-14-18-31/h1-2,8,10,13-15,17,31-36,41-43H,6-7,9,11-12,16,18-30H2,3H3/b15-8-/t31?,32-,33+,34+,35-,36+/m0/s1. The Kier molecular flexibility index (Phi) is 20.4. The van der Waals surface area contributed by atoms with Crippen molar-refractivity contribution >= 4 is 17.9 Å². The molecule has 0 saturated heterocycles. The molecule has 1 fully saturated rings. The van der Waals surface area contributed by atoms with E-state index in [4.69, 9.17) is 27.1 Å². The summed E-state index contributed by atoms with van der Waals surface area (Å²) in [7, 11) is 0. The number of allylic oxidation sites excluding steroid dienone is 6. The van der Waals surface area contributed by atoms with Crippen LogP contribution in [0, 0.1) is 47.9 Å². The van der Waals surface area contributed by atoms with Crippen LogP contribution in [0.2, 0.25) is 0 Å². The van der Waals surface area contributed by atoms with E-state index in [1.54, 1.807) is 6.92 Å². The smallest absolute Gasteiger partial charge is 0.305 e. The normalized spacial score (nSPS) is 22.4. The van der Waals surface area contributed by atoms with Gasteiger partial charge >= 0.3 is 17.9 Å². The van der Waals surface area contributed by atoms with Gasteiger partial charge in [-0.05, 0) is 95.3 Å². The van der Waals surface area contributed by atoms with Gasteiger partial charge in [0.05, 0.1) is 23.7 Å². The molecular formula is C40H58O9. The van der Waals surface area contributed by atoms with Crippen molar-refractivity contribution in [1.82, 2.24) is 0 Å². The number of aliphatic hydroxyl groups excluding tert-OH is 3. The third-order valence-corrected chi connectivity index (χ3v) is 9.27. The fraction of sp³-hybridized carbons (Fsp3) is 0.675. The summed E-state index contributed by atoms with van der Waals surface area (Å²) in [4.78, 5) is 36.8. The highest BCUT2D eigenvalue weighted by Gasteiger charge is 2.40. The molecule has 2 aliphatic carbocycles. The molecule has 0 aliphatic heterocycles. The van der Waals surface area contributed by atoms with E-state index in [1.807, 2.05) is 18.2 Å². The molecule has 0 radical (unpaired) electrons. The molecule has 9 nitrogen and oxygen atoms in total. The third kappa shape index (κ3) is 17.7. The molecule has 3 N–H and O–H groups in total. The molecule has 49 heavy (non-hydrogen) atoms. The second-order valence-corrected chi connectivity index (χ2v) is 13.8. The molecule has 6 atom stereocenters. The predicted molar refractivity (Wildman–Crippen MR) is 188 cm³/mol. The first-order valence-corrected chi connectivity index (χ1v) is 17.9. The largest absolute Gasteiger partial charge is 0.465 e. The zero-order valence-corrected chi connectivity index (χ0v) is 29.3. The number of hydrogen-bond donors (Lipinski definition) is 3. The van der Waals surface area contributed by atoms with Crippen LogP contribution >= 0.6 is 0 Å². The number of aliphatic hydroxyl groups is 3. The molecule has 0 aromatic carbocycles. The summed E-state index contributed by atoms with van der Waals surface area (Å²) in [6.45, 7) is 1.45. The lowest BCUT2D eigenvalue weighted by atomic mass is 9.85.